The molecular formula is C22H25N5O4. The predicted octanol–water partition coefficient (Wildman–Crippen LogP) is 2.34. The SMILES string of the molecule is CC1(C)O[C@@H]2[C@H](O1)[C@@H](CO)O[C@H]2n1cnc2c(N[C@H]3CCc4ccccc43)nncc21. The Morgan fingerprint density at radius 2 is 2.06 bits per heavy atom. The average molecular weight is 423 g/mol. The maximum Gasteiger partial charge on any atom is 0.177 e. The second-order valence-electron chi connectivity index (χ2n) is 8.83. The van der Waals surface area contributed by atoms with Gasteiger partial charge in [-0.3, -0.25) is 4.57 Å². The number of nitrogens with zero attached hydrogens (tertiary/aromatic N) is 4. The van der Waals surface area contributed by atoms with Crippen molar-refractivity contribution in [3.05, 3.63) is 47.9 Å². The molecule has 3 aromatic rings. The zero-order chi connectivity index (χ0) is 21.2. The van der Waals surface area contributed by atoms with Gasteiger partial charge in [-0.25, -0.2) is 4.98 Å². The van der Waals surface area contributed by atoms with Crippen LogP contribution in [0, 0.1) is 0 Å². The Morgan fingerprint density at radius 3 is 2.94 bits per heavy atom. The smallest absolute Gasteiger partial charge is 0.177 e. The van der Waals surface area contributed by atoms with E-state index in [0.29, 0.717) is 5.82 Å². The Morgan fingerprint density at radius 1 is 1.23 bits per heavy atom. The number of hydrogen-bond acceptors (Lipinski definition) is 8. The molecule has 0 spiro atoms. The third-order valence-corrected chi connectivity index (χ3v) is 6.42. The van der Waals surface area contributed by atoms with Crippen LogP contribution in [0.15, 0.2) is 36.8 Å². The molecule has 1 aliphatic carbocycles. The Hall–Kier alpha value is -2.59. The molecule has 6 rings (SSSR count). The summed E-state index contributed by atoms with van der Waals surface area (Å²) in [6.07, 6.45) is 3.82. The molecule has 4 heterocycles. The van der Waals surface area contributed by atoms with Gasteiger partial charge < -0.3 is 24.6 Å². The van der Waals surface area contributed by atoms with Crippen molar-refractivity contribution in [1.82, 2.24) is 19.7 Å². The lowest BCUT2D eigenvalue weighted by Crippen LogP contribution is -2.31. The number of aromatic nitrogens is 4. The summed E-state index contributed by atoms with van der Waals surface area (Å²) in [7, 11) is 0. The quantitative estimate of drug-likeness (QED) is 0.659. The van der Waals surface area contributed by atoms with Gasteiger partial charge >= 0.3 is 0 Å². The molecule has 162 valence electrons. The molecule has 2 aliphatic heterocycles. The van der Waals surface area contributed by atoms with E-state index in [1.807, 2.05) is 18.4 Å². The van der Waals surface area contributed by atoms with Gasteiger partial charge in [-0.15, -0.1) is 5.10 Å². The first-order valence-electron chi connectivity index (χ1n) is 10.7. The summed E-state index contributed by atoms with van der Waals surface area (Å²) in [5.74, 6) is -0.0843. The topological polar surface area (TPSA) is 104 Å². The van der Waals surface area contributed by atoms with Crippen molar-refractivity contribution in [3.63, 3.8) is 0 Å². The van der Waals surface area contributed by atoms with E-state index in [1.165, 1.54) is 11.1 Å². The molecule has 0 amide bonds. The molecule has 31 heavy (non-hydrogen) atoms. The van der Waals surface area contributed by atoms with E-state index in [9.17, 15) is 5.11 Å². The van der Waals surface area contributed by atoms with E-state index >= 15 is 0 Å². The van der Waals surface area contributed by atoms with Crippen molar-refractivity contribution in [2.24, 2.45) is 0 Å². The fraction of sp³-hybridized carbons (Fsp3) is 0.500. The molecule has 0 radical (unpaired) electrons. The lowest BCUT2D eigenvalue weighted by Gasteiger charge is -2.24. The zero-order valence-corrected chi connectivity index (χ0v) is 17.4. The maximum atomic E-state index is 9.78. The first-order chi connectivity index (χ1) is 15.0. The van der Waals surface area contributed by atoms with E-state index < -0.39 is 18.1 Å². The van der Waals surface area contributed by atoms with Gasteiger partial charge in [-0.1, -0.05) is 24.3 Å². The van der Waals surface area contributed by atoms with Crippen LogP contribution < -0.4 is 5.32 Å². The first-order valence-corrected chi connectivity index (χ1v) is 10.7. The summed E-state index contributed by atoms with van der Waals surface area (Å²) >= 11 is 0. The van der Waals surface area contributed by atoms with Crippen LogP contribution in [0.5, 0.6) is 0 Å². The van der Waals surface area contributed by atoms with Crippen LogP contribution in [0.1, 0.15) is 43.7 Å². The van der Waals surface area contributed by atoms with Gasteiger partial charge in [-0.05, 0) is 37.8 Å². The van der Waals surface area contributed by atoms with Gasteiger partial charge in [0.1, 0.15) is 23.8 Å². The zero-order valence-electron chi connectivity index (χ0n) is 17.4. The lowest BCUT2D eigenvalue weighted by atomic mass is 10.1. The van der Waals surface area contributed by atoms with E-state index in [1.54, 1.807) is 12.5 Å². The molecule has 2 N–H and O–H groups in total. The largest absolute Gasteiger partial charge is 0.394 e. The van der Waals surface area contributed by atoms with Gasteiger partial charge in [0.05, 0.1) is 30.7 Å². The van der Waals surface area contributed by atoms with E-state index in [0.717, 1.165) is 23.9 Å². The van der Waals surface area contributed by atoms with Crippen LogP contribution in [0.2, 0.25) is 0 Å². The summed E-state index contributed by atoms with van der Waals surface area (Å²) < 4.78 is 20.1. The van der Waals surface area contributed by atoms with E-state index in [2.05, 4.69) is 44.8 Å². The van der Waals surface area contributed by atoms with Gasteiger partial charge in [-0.2, -0.15) is 5.10 Å². The number of imidazole rings is 1. The Labute approximate surface area is 179 Å². The van der Waals surface area contributed by atoms with E-state index in [-0.39, 0.29) is 24.9 Å². The van der Waals surface area contributed by atoms with Crippen molar-refractivity contribution in [1.29, 1.82) is 0 Å². The number of rotatable bonds is 4. The Balaban J connectivity index is 1.33. The number of aryl methyl sites for hydroxylation is 1. The minimum atomic E-state index is -0.733. The highest BCUT2D eigenvalue weighted by Gasteiger charge is 2.55. The number of anilines is 1. The molecule has 0 saturated carbocycles. The molecule has 9 nitrogen and oxygen atoms in total. The molecule has 2 aromatic heterocycles. The van der Waals surface area contributed by atoms with Crippen LogP contribution in [0.4, 0.5) is 5.82 Å². The van der Waals surface area contributed by atoms with Crippen LogP contribution in [0.25, 0.3) is 11.0 Å². The second kappa shape index (κ2) is 6.96. The summed E-state index contributed by atoms with van der Waals surface area (Å²) in [5.41, 5.74) is 4.18. The molecule has 3 aliphatic rings. The number of hydrogen-bond donors (Lipinski definition) is 2. The molecule has 2 fully saturated rings. The fourth-order valence-corrected chi connectivity index (χ4v) is 5.07. The monoisotopic (exact) mass is 423 g/mol. The Bertz CT molecular complexity index is 1130. The van der Waals surface area contributed by atoms with Crippen LogP contribution in [0.3, 0.4) is 0 Å². The summed E-state index contributed by atoms with van der Waals surface area (Å²) in [6, 6.07) is 8.66. The van der Waals surface area contributed by atoms with Crippen LogP contribution in [-0.4, -0.2) is 55.6 Å². The molecule has 0 bridgehead atoms. The number of aliphatic hydroxyl groups is 1. The molecule has 9 heteroatoms. The lowest BCUT2D eigenvalue weighted by molar-refractivity contribution is -0.199. The number of benzene rings is 1. The first kappa shape index (κ1) is 19.1. The minimum absolute atomic E-state index is 0.141. The van der Waals surface area contributed by atoms with Crippen LogP contribution in [-0.2, 0) is 20.6 Å². The van der Waals surface area contributed by atoms with Gasteiger partial charge in [0.25, 0.3) is 0 Å². The van der Waals surface area contributed by atoms with Gasteiger partial charge in [0.15, 0.2) is 17.8 Å². The van der Waals surface area contributed by atoms with Crippen molar-refractivity contribution in [2.75, 3.05) is 11.9 Å². The molecule has 1 aromatic carbocycles. The number of aliphatic hydroxyl groups excluding tert-OH is 1. The summed E-state index contributed by atoms with van der Waals surface area (Å²) in [6.45, 7) is 3.60. The predicted molar refractivity (Wildman–Crippen MR) is 111 cm³/mol. The molecule has 5 atom stereocenters. The second-order valence-corrected chi connectivity index (χ2v) is 8.83. The molecular weight excluding hydrogens is 398 g/mol. The third-order valence-electron chi connectivity index (χ3n) is 6.42. The normalized spacial score (nSPS) is 31.1. The molecule has 0 unspecified atom stereocenters. The number of ether oxygens (including phenoxy) is 3. The number of fused-ring (bicyclic) bond motifs is 3. The average Bonchev–Trinajstić information content (AvgIpc) is 3.50. The van der Waals surface area contributed by atoms with Crippen molar-refractivity contribution >= 4 is 16.9 Å². The standard InChI is InChI=1S/C22H25N5O4/c1-22(2)30-18-16(10-28)29-21(19(18)31-22)27-11-23-17-15(27)9-24-26-20(17)25-14-8-7-12-5-3-4-6-13(12)14/h3-6,9,11,14,16,18-19,21,28H,7-8,10H2,1-2H3,(H,25,26)/t14-,16+,18+,19+,21+/m0/s1. The highest BCUT2D eigenvalue weighted by Crippen LogP contribution is 2.44. The van der Waals surface area contributed by atoms with Crippen molar-refractivity contribution in [3.8, 4) is 0 Å². The fourth-order valence-electron chi connectivity index (χ4n) is 5.07. The van der Waals surface area contributed by atoms with Crippen molar-refractivity contribution in [2.45, 2.75) is 63.1 Å². The van der Waals surface area contributed by atoms with Crippen molar-refractivity contribution < 1.29 is 19.3 Å². The minimum Gasteiger partial charge on any atom is -0.394 e. The maximum absolute atomic E-state index is 9.78. The van der Waals surface area contributed by atoms with E-state index in [4.69, 9.17) is 14.2 Å². The molecule has 2 saturated heterocycles. The highest BCUT2D eigenvalue weighted by atomic mass is 16.8. The number of nitrogens with one attached hydrogen (secondary N) is 1. The van der Waals surface area contributed by atoms with Gasteiger partial charge in [0.2, 0.25) is 0 Å². The highest BCUT2D eigenvalue weighted by molar-refractivity contribution is 5.85. The third kappa shape index (κ3) is 3.03. The van der Waals surface area contributed by atoms with Crippen LogP contribution >= 0.6 is 0 Å². The summed E-state index contributed by atoms with van der Waals surface area (Å²) in [5, 5.41) is 21.9. The summed E-state index contributed by atoms with van der Waals surface area (Å²) in [4.78, 5) is 4.62. The van der Waals surface area contributed by atoms with Gasteiger partial charge in [0, 0.05) is 0 Å². The Kier molecular flexibility index (Phi) is 4.29.